The van der Waals surface area contributed by atoms with Gasteiger partial charge in [0, 0.05) is 23.5 Å². The van der Waals surface area contributed by atoms with E-state index >= 15 is 0 Å². The zero-order valence-corrected chi connectivity index (χ0v) is 14.5. The van der Waals surface area contributed by atoms with Crippen molar-refractivity contribution in [1.29, 1.82) is 0 Å². The molecule has 0 aliphatic rings. The van der Waals surface area contributed by atoms with E-state index in [1.807, 2.05) is 6.07 Å². The summed E-state index contributed by atoms with van der Waals surface area (Å²) in [6.07, 6.45) is 3.16. The van der Waals surface area contributed by atoms with Crippen LogP contribution in [0.3, 0.4) is 0 Å². The predicted molar refractivity (Wildman–Crippen MR) is 93.1 cm³/mol. The summed E-state index contributed by atoms with van der Waals surface area (Å²) in [5.41, 5.74) is 1.33. The lowest BCUT2D eigenvalue weighted by Crippen LogP contribution is -2.15. The average Bonchev–Trinajstić information content (AvgIpc) is 3.01. The molecule has 126 valence electrons. The Morgan fingerprint density at radius 3 is 2.84 bits per heavy atom. The van der Waals surface area contributed by atoms with Crippen LogP contribution in [0.2, 0.25) is 5.02 Å². The second kappa shape index (κ2) is 5.64. The third kappa shape index (κ3) is 2.77. The number of hydrogen-bond donors (Lipinski definition) is 1. The fraction of sp³-hybridized carbons (Fsp3) is 0.0667. The minimum Gasteiger partial charge on any atom is -0.273 e. The van der Waals surface area contributed by atoms with Crippen LogP contribution in [0.5, 0.6) is 0 Å². The number of pyridine rings is 1. The van der Waals surface area contributed by atoms with Gasteiger partial charge < -0.3 is 0 Å². The topological polar surface area (TPSA) is 102 Å². The van der Waals surface area contributed by atoms with Crippen LogP contribution in [0.25, 0.3) is 16.7 Å². The molecule has 4 aromatic rings. The van der Waals surface area contributed by atoms with Crippen LogP contribution in [0.1, 0.15) is 5.69 Å². The molecular weight excluding hydrogens is 364 g/mol. The minimum absolute atomic E-state index is 0.183. The molecule has 0 spiro atoms. The number of aryl methyl sites for hydroxylation is 1. The molecule has 25 heavy (non-hydrogen) atoms. The first kappa shape index (κ1) is 15.7. The molecule has 8 nitrogen and oxygen atoms in total. The lowest BCUT2D eigenvalue weighted by atomic mass is 10.2. The highest BCUT2D eigenvalue weighted by Gasteiger charge is 2.23. The fourth-order valence-corrected chi connectivity index (χ4v) is 3.58. The lowest BCUT2D eigenvalue weighted by Gasteiger charge is -2.09. The number of anilines is 1. The van der Waals surface area contributed by atoms with E-state index in [-0.39, 0.29) is 16.5 Å². The molecule has 0 atom stereocenters. The molecule has 0 saturated heterocycles. The van der Waals surface area contributed by atoms with Crippen molar-refractivity contribution in [3.63, 3.8) is 0 Å². The molecule has 0 bridgehead atoms. The summed E-state index contributed by atoms with van der Waals surface area (Å²) in [6.45, 7) is 1.78. The van der Waals surface area contributed by atoms with Crippen LogP contribution in [0.4, 0.5) is 5.69 Å². The number of fused-ring (bicyclic) bond motifs is 2. The number of hydrogen-bond acceptors (Lipinski definition) is 6. The van der Waals surface area contributed by atoms with E-state index in [0.717, 1.165) is 5.39 Å². The van der Waals surface area contributed by atoms with Gasteiger partial charge in [0.15, 0.2) is 0 Å². The molecule has 1 N–H and O–H groups in total. The van der Waals surface area contributed by atoms with Crippen molar-refractivity contribution in [2.45, 2.75) is 12.1 Å². The van der Waals surface area contributed by atoms with Crippen LogP contribution < -0.4 is 4.72 Å². The number of rotatable bonds is 3. The molecule has 0 aliphatic heterocycles. The Morgan fingerprint density at radius 2 is 2.00 bits per heavy atom. The second-order valence-corrected chi connectivity index (χ2v) is 7.29. The Hall–Kier alpha value is -2.78. The van der Waals surface area contributed by atoms with Crippen molar-refractivity contribution in [3.05, 3.63) is 53.4 Å². The van der Waals surface area contributed by atoms with Gasteiger partial charge in [0.1, 0.15) is 0 Å². The van der Waals surface area contributed by atoms with Gasteiger partial charge in [-0.05, 0) is 25.1 Å². The molecule has 0 unspecified atom stereocenters. The average molecular weight is 375 g/mol. The first-order chi connectivity index (χ1) is 11.9. The Bertz CT molecular complexity index is 1220. The van der Waals surface area contributed by atoms with E-state index in [1.54, 1.807) is 43.6 Å². The standard InChI is InChI=1S/C15H11ClN6O2S/c1-9-6-8-22-14(18-9)19-15(20-22)25(23,24)21-13-11(16)5-4-10-3-2-7-17-12(10)13/h2-8,21H,1H3. The quantitative estimate of drug-likeness (QED) is 0.590. The van der Waals surface area contributed by atoms with Crippen LogP contribution in [0, 0.1) is 6.92 Å². The van der Waals surface area contributed by atoms with Gasteiger partial charge in [-0.1, -0.05) is 23.7 Å². The van der Waals surface area contributed by atoms with Crippen molar-refractivity contribution in [2.75, 3.05) is 4.72 Å². The first-order valence-corrected chi connectivity index (χ1v) is 9.06. The maximum absolute atomic E-state index is 12.7. The van der Waals surface area contributed by atoms with Gasteiger partial charge >= 0.3 is 0 Å². The highest BCUT2D eigenvalue weighted by Crippen LogP contribution is 2.31. The van der Waals surface area contributed by atoms with Gasteiger partial charge in [-0.3, -0.25) is 9.71 Å². The van der Waals surface area contributed by atoms with Gasteiger partial charge in [-0.15, -0.1) is 5.10 Å². The molecule has 0 aliphatic carbocycles. The molecule has 3 aromatic heterocycles. The van der Waals surface area contributed by atoms with Crippen LogP contribution >= 0.6 is 11.6 Å². The van der Waals surface area contributed by atoms with Gasteiger partial charge in [0.2, 0.25) is 0 Å². The molecule has 0 fully saturated rings. The molecule has 1 aromatic carbocycles. The van der Waals surface area contributed by atoms with Gasteiger partial charge in [-0.25, -0.2) is 9.50 Å². The Morgan fingerprint density at radius 1 is 1.16 bits per heavy atom. The number of sulfonamides is 1. The monoisotopic (exact) mass is 374 g/mol. The highest BCUT2D eigenvalue weighted by molar-refractivity contribution is 7.92. The first-order valence-electron chi connectivity index (χ1n) is 7.20. The molecule has 3 heterocycles. The largest absolute Gasteiger partial charge is 0.299 e. The summed E-state index contributed by atoms with van der Waals surface area (Å²) in [5, 5.41) is 4.55. The van der Waals surface area contributed by atoms with E-state index in [1.165, 1.54) is 4.52 Å². The van der Waals surface area contributed by atoms with Gasteiger partial charge in [-0.2, -0.15) is 13.4 Å². The maximum Gasteiger partial charge on any atom is 0.299 e. The molecule has 0 amide bonds. The molecule has 0 saturated carbocycles. The number of nitrogens with zero attached hydrogens (tertiary/aromatic N) is 5. The summed E-state index contributed by atoms with van der Waals surface area (Å²) in [5.74, 6) is 0.197. The Labute approximate surface area is 147 Å². The Balaban J connectivity index is 1.82. The summed E-state index contributed by atoms with van der Waals surface area (Å²) in [7, 11) is -4.06. The molecule has 4 rings (SSSR count). The van der Waals surface area contributed by atoms with Crippen molar-refractivity contribution in [2.24, 2.45) is 0 Å². The number of aromatic nitrogens is 5. The normalized spacial score (nSPS) is 11.9. The van der Waals surface area contributed by atoms with Crippen molar-refractivity contribution < 1.29 is 8.42 Å². The van der Waals surface area contributed by atoms with Crippen LogP contribution in [-0.4, -0.2) is 33.0 Å². The number of halogens is 1. The van der Waals surface area contributed by atoms with Crippen LogP contribution in [0.15, 0.2) is 47.9 Å². The molecule has 10 heteroatoms. The summed E-state index contributed by atoms with van der Waals surface area (Å²) < 4.78 is 29.1. The number of benzene rings is 1. The predicted octanol–water partition coefficient (Wildman–Crippen LogP) is 2.44. The number of nitrogens with one attached hydrogen (secondary N) is 1. The van der Waals surface area contributed by atoms with E-state index in [2.05, 4.69) is 24.8 Å². The van der Waals surface area contributed by atoms with Gasteiger partial charge in [0.25, 0.3) is 21.0 Å². The van der Waals surface area contributed by atoms with Crippen molar-refractivity contribution in [1.82, 2.24) is 24.6 Å². The van der Waals surface area contributed by atoms with E-state index < -0.39 is 15.2 Å². The van der Waals surface area contributed by atoms with Crippen molar-refractivity contribution in [3.8, 4) is 0 Å². The summed E-state index contributed by atoms with van der Waals surface area (Å²) >= 11 is 6.17. The lowest BCUT2D eigenvalue weighted by molar-refractivity contribution is 0.592. The second-order valence-electron chi connectivity index (χ2n) is 5.31. The fourth-order valence-electron chi connectivity index (χ4n) is 2.36. The molecule has 0 radical (unpaired) electrons. The summed E-state index contributed by atoms with van der Waals surface area (Å²) in [6, 6.07) is 8.64. The summed E-state index contributed by atoms with van der Waals surface area (Å²) in [4.78, 5) is 12.3. The SMILES string of the molecule is Cc1ccn2nc(S(=O)(=O)Nc3c(Cl)ccc4cccnc34)nc2n1. The van der Waals surface area contributed by atoms with Gasteiger partial charge in [0.05, 0.1) is 16.2 Å². The highest BCUT2D eigenvalue weighted by atomic mass is 35.5. The zero-order valence-electron chi connectivity index (χ0n) is 12.9. The van der Waals surface area contributed by atoms with E-state index in [4.69, 9.17) is 11.6 Å². The zero-order chi connectivity index (χ0) is 17.6. The van der Waals surface area contributed by atoms with E-state index in [0.29, 0.717) is 11.2 Å². The third-order valence-electron chi connectivity index (χ3n) is 3.53. The van der Waals surface area contributed by atoms with E-state index in [9.17, 15) is 8.42 Å². The molecular formula is C15H11ClN6O2S. The smallest absolute Gasteiger partial charge is 0.273 e. The maximum atomic E-state index is 12.7. The Kier molecular flexibility index (Phi) is 3.55. The minimum atomic E-state index is -4.06. The third-order valence-corrected chi connectivity index (χ3v) is 4.97. The van der Waals surface area contributed by atoms with Crippen LogP contribution in [-0.2, 0) is 10.0 Å². The van der Waals surface area contributed by atoms with Crippen molar-refractivity contribution >= 4 is 44.0 Å².